The topological polar surface area (TPSA) is 97.6 Å². The Bertz CT molecular complexity index is 2050. The van der Waals surface area contributed by atoms with Crippen molar-refractivity contribution in [3.05, 3.63) is 162 Å². The van der Waals surface area contributed by atoms with Crippen molar-refractivity contribution < 1.29 is 23.1 Å². The minimum Gasteiger partial charge on any atom is -0.505 e. The number of aromatic hydroxyl groups is 1. The molecule has 5 aromatic carbocycles. The Hall–Kier alpha value is -4.99. The summed E-state index contributed by atoms with van der Waals surface area (Å²) in [7, 11) is -2.65. The van der Waals surface area contributed by atoms with Crippen LogP contribution in [0.15, 0.2) is 144 Å². The molecule has 0 bridgehead atoms. The van der Waals surface area contributed by atoms with Crippen LogP contribution in [0.3, 0.4) is 0 Å². The number of carbonyl (C=O) groups is 1. The number of benzene rings is 5. The highest BCUT2D eigenvalue weighted by atomic mass is 32.2. The number of β-lactam (4-membered cyclic amide) rings is 1. The maximum atomic E-state index is 14.2. The van der Waals surface area contributed by atoms with E-state index in [9.17, 15) is 18.3 Å². The zero-order valence-electron chi connectivity index (χ0n) is 25.5. The van der Waals surface area contributed by atoms with Crippen molar-refractivity contribution in [1.82, 2.24) is 9.29 Å². The Balaban J connectivity index is 1.33. The third kappa shape index (κ3) is 5.25. The predicted molar refractivity (Wildman–Crippen MR) is 185 cm³/mol. The largest absolute Gasteiger partial charge is 0.505 e. The van der Waals surface area contributed by atoms with Crippen LogP contribution in [-0.4, -0.2) is 35.9 Å². The highest BCUT2D eigenvalue weighted by Crippen LogP contribution is 2.53. The highest BCUT2D eigenvalue weighted by molar-refractivity contribution is 8.01. The van der Waals surface area contributed by atoms with Crippen molar-refractivity contribution in [3.63, 3.8) is 0 Å². The van der Waals surface area contributed by atoms with Gasteiger partial charge in [0.1, 0.15) is 11.5 Å². The van der Waals surface area contributed by atoms with E-state index in [-0.39, 0.29) is 28.7 Å². The Labute approximate surface area is 277 Å². The van der Waals surface area contributed by atoms with Crippen LogP contribution >= 0.6 is 11.8 Å². The van der Waals surface area contributed by atoms with Gasteiger partial charge in [-0.2, -0.15) is 0 Å². The third-order valence-electron chi connectivity index (χ3n) is 8.74. The molecule has 0 spiro atoms. The summed E-state index contributed by atoms with van der Waals surface area (Å²) in [6.07, 6.45) is 0.00778. The van der Waals surface area contributed by atoms with Crippen molar-refractivity contribution in [2.45, 2.75) is 21.4 Å². The highest BCUT2D eigenvalue weighted by Gasteiger charge is 2.48. The molecule has 1 aliphatic heterocycles. The number of aromatic nitrogens is 1. The summed E-state index contributed by atoms with van der Waals surface area (Å²) >= 11 is 1.61. The SMILES string of the molecule is COc1ccc(S(=O)(=O)n2c(CC3C(=O)NC3SC(c3ccccc3)(c3ccccc3)c3ccccc3)c(O)c3ccccc32)cc1. The van der Waals surface area contributed by atoms with Gasteiger partial charge in [0, 0.05) is 11.8 Å². The molecule has 7 rings (SSSR count). The quantitative estimate of drug-likeness (QED) is 0.122. The number of para-hydroxylation sites is 1. The Morgan fingerprint density at radius 2 is 1.28 bits per heavy atom. The number of hydrogen-bond donors (Lipinski definition) is 2. The fraction of sp³-hybridized carbons (Fsp3) is 0.132. The lowest BCUT2D eigenvalue weighted by Gasteiger charge is -2.44. The lowest BCUT2D eigenvalue weighted by atomic mass is 9.84. The number of nitrogens with one attached hydrogen (secondary N) is 1. The summed E-state index contributed by atoms with van der Waals surface area (Å²) < 4.78 is 34.2. The molecule has 0 aliphatic carbocycles. The zero-order chi connectivity index (χ0) is 32.6. The van der Waals surface area contributed by atoms with E-state index in [1.54, 1.807) is 48.2 Å². The molecule has 47 heavy (non-hydrogen) atoms. The molecule has 2 N–H and O–H groups in total. The van der Waals surface area contributed by atoms with E-state index in [1.807, 2.05) is 54.6 Å². The van der Waals surface area contributed by atoms with Gasteiger partial charge in [0.05, 0.1) is 39.3 Å². The molecule has 0 saturated carbocycles. The van der Waals surface area contributed by atoms with E-state index in [0.717, 1.165) is 16.7 Å². The fourth-order valence-electron chi connectivity index (χ4n) is 6.38. The van der Waals surface area contributed by atoms with Gasteiger partial charge in [-0.25, -0.2) is 12.4 Å². The normalized spacial score (nSPS) is 16.4. The zero-order valence-corrected chi connectivity index (χ0v) is 27.1. The van der Waals surface area contributed by atoms with Crippen molar-refractivity contribution in [2.75, 3.05) is 7.11 Å². The number of hydrogen-bond acceptors (Lipinski definition) is 6. The molecule has 1 saturated heterocycles. The van der Waals surface area contributed by atoms with E-state index >= 15 is 0 Å². The van der Waals surface area contributed by atoms with Crippen LogP contribution in [0.25, 0.3) is 10.9 Å². The van der Waals surface area contributed by atoms with Crippen LogP contribution < -0.4 is 10.1 Å². The van der Waals surface area contributed by atoms with Crippen LogP contribution in [-0.2, 0) is 26.0 Å². The van der Waals surface area contributed by atoms with Gasteiger partial charge in [-0.3, -0.25) is 4.79 Å². The maximum absolute atomic E-state index is 14.2. The van der Waals surface area contributed by atoms with E-state index in [2.05, 4.69) is 41.7 Å². The van der Waals surface area contributed by atoms with E-state index in [0.29, 0.717) is 16.7 Å². The second-order valence-electron chi connectivity index (χ2n) is 11.4. The first-order chi connectivity index (χ1) is 22.8. The third-order valence-corrected chi connectivity index (χ3v) is 12.3. The molecule has 1 aromatic heterocycles. The molecule has 1 fully saturated rings. The van der Waals surface area contributed by atoms with Gasteiger partial charge in [-0.15, -0.1) is 11.8 Å². The number of ether oxygens (including phenoxy) is 1. The number of rotatable bonds is 10. The second-order valence-corrected chi connectivity index (χ2v) is 14.5. The summed E-state index contributed by atoms with van der Waals surface area (Å²) in [6.45, 7) is 0. The number of methoxy groups -OCH3 is 1. The summed E-state index contributed by atoms with van der Waals surface area (Å²) in [5, 5.41) is 14.6. The van der Waals surface area contributed by atoms with Gasteiger partial charge in [0.2, 0.25) is 5.91 Å². The van der Waals surface area contributed by atoms with E-state index < -0.39 is 26.1 Å². The Kier molecular flexibility index (Phi) is 8.03. The lowest BCUT2D eigenvalue weighted by molar-refractivity contribution is -0.132. The summed E-state index contributed by atoms with van der Waals surface area (Å²) in [6, 6.07) is 43.5. The molecule has 9 heteroatoms. The van der Waals surface area contributed by atoms with Crippen molar-refractivity contribution in [2.24, 2.45) is 5.92 Å². The molecule has 1 aliphatic rings. The number of thioether (sulfide) groups is 1. The summed E-state index contributed by atoms with van der Waals surface area (Å²) in [5.74, 6) is -0.463. The van der Waals surface area contributed by atoms with Crippen molar-refractivity contribution in [3.8, 4) is 11.5 Å². The number of amides is 1. The summed E-state index contributed by atoms with van der Waals surface area (Å²) in [4.78, 5) is 13.4. The molecule has 2 heterocycles. The molecule has 2 unspecified atom stereocenters. The van der Waals surface area contributed by atoms with Gasteiger partial charge in [-0.05, 0) is 53.1 Å². The van der Waals surface area contributed by atoms with Crippen LogP contribution in [0, 0.1) is 5.92 Å². The average molecular weight is 661 g/mol. The van der Waals surface area contributed by atoms with Gasteiger partial charge in [0.25, 0.3) is 10.0 Å². The molecule has 236 valence electrons. The van der Waals surface area contributed by atoms with Gasteiger partial charge >= 0.3 is 0 Å². The number of fused-ring (bicyclic) bond motifs is 1. The monoisotopic (exact) mass is 660 g/mol. The molecule has 2 atom stereocenters. The molecular formula is C38H32N2O5S2. The first kappa shape index (κ1) is 30.7. The average Bonchev–Trinajstić information content (AvgIpc) is 3.41. The summed E-state index contributed by atoms with van der Waals surface area (Å²) in [5.41, 5.74) is 3.63. The van der Waals surface area contributed by atoms with Crippen molar-refractivity contribution >= 4 is 38.6 Å². The van der Waals surface area contributed by atoms with Gasteiger partial charge in [0.15, 0.2) is 0 Å². The Morgan fingerprint density at radius 1 is 0.766 bits per heavy atom. The molecule has 7 nitrogen and oxygen atoms in total. The van der Waals surface area contributed by atoms with Crippen LogP contribution in [0.1, 0.15) is 22.4 Å². The minimum atomic E-state index is -4.17. The standard InChI is InChI=1S/C38H32N2O5S2/c1-45-29-21-23-30(24-22-29)47(43,44)40-33-20-12-11-19-31(33)35(41)34(40)25-32-36(42)39-37(32)46-38(26-13-5-2-6-14-26,27-15-7-3-8-16-27)28-17-9-4-10-18-28/h2-24,32,37,41H,25H2,1H3,(H,39,42). The predicted octanol–water partition coefficient (Wildman–Crippen LogP) is 6.93. The minimum absolute atomic E-state index is 0.00778. The van der Waals surface area contributed by atoms with Crippen molar-refractivity contribution in [1.29, 1.82) is 0 Å². The molecule has 6 aromatic rings. The molecule has 0 radical (unpaired) electrons. The number of nitrogens with zero attached hydrogens (tertiary/aromatic N) is 1. The van der Waals surface area contributed by atoms with Crippen LogP contribution in [0.2, 0.25) is 0 Å². The maximum Gasteiger partial charge on any atom is 0.268 e. The first-order valence-electron chi connectivity index (χ1n) is 15.2. The van der Waals surface area contributed by atoms with E-state index in [4.69, 9.17) is 4.74 Å². The smallest absolute Gasteiger partial charge is 0.268 e. The van der Waals surface area contributed by atoms with Gasteiger partial charge < -0.3 is 15.2 Å². The van der Waals surface area contributed by atoms with Gasteiger partial charge in [-0.1, -0.05) is 103 Å². The lowest BCUT2D eigenvalue weighted by Crippen LogP contribution is -2.58. The fourth-order valence-corrected chi connectivity index (χ4v) is 9.69. The Morgan fingerprint density at radius 3 is 1.79 bits per heavy atom. The second kappa shape index (κ2) is 12.3. The molecule has 1 amide bonds. The number of carbonyl (C=O) groups excluding carboxylic acids is 1. The molecular weight excluding hydrogens is 629 g/mol. The van der Waals surface area contributed by atoms with Crippen LogP contribution in [0.5, 0.6) is 11.5 Å². The first-order valence-corrected chi connectivity index (χ1v) is 17.5. The van der Waals surface area contributed by atoms with E-state index in [1.165, 1.54) is 23.2 Å². The van der Waals surface area contributed by atoms with Crippen LogP contribution in [0.4, 0.5) is 0 Å².